The fourth-order valence-corrected chi connectivity index (χ4v) is 6.19. The lowest BCUT2D eigenvalue weighted by atomic mass is 10.2. The summed E-state index contributed by atoms with van der Waals surface area (Å²) in [6.07, 6.45) is 0.818. The molecule has 2 aromatic heterocycles. The van der Waals surface area contributed by atoms with Crippen LogP contribution in [-0.2, 0) is 26.6 Å². The second-order valence-corrected chi connectivity index (χ2v) is 10.7. The standard InChI is InChI=1S/C28H34N3O4P/c1-6-25-30-26-20(4)18-21(5)29-27(26)31(25)19-22-14-16-24(17-15-22)35-28(23-12-10-9-11-13-23)36(32,33-7-2)34-8-3/h9-18,28H,6-8,19H2,1-5H3. The molecule has 0 fully saturated rings. The monoisotopic (exact) mass is 507 g/mol. The van der Waals surface area contributed by atoms with Gasteiger partial charge in [0.15, 0.2) is 5.65 Å². The van der Waals surface area contributed by atoms with Crippen LogP contribution in [0.1, 0.15) is 54.8 Å². The van der Waals surface area contributed by atoms with Crippen LogP contribution in [-0.4, -0.2) is 27.7 Å². The minimum Gasteiger partial charge on any atom is -0.473 e. The highest BCUT2D eigenvalue weighted by Crippen LogP contribution is 2.61. The topological polar surface area (TPSA) is 75.5 Å². The summed E-state index contributed by atoms with van der Waals surface area (Å²) in [5.41, 5.74) is 5.79. The molecule has 0 aliphatic heterocycles. The van der Waals surface area contributed by atoms with Gasteiger partial charge >= 0.3 is 7.60 Å². The molecule has 0 saturated heterocycles. The molecule has 0 radical (unpaired) electrons. The van der Waals surface area contributed by atoms with E-state index in [1.165, 1.54) is 0 Å². The van der Waals surface area contributed by atoms with Crippen molar-refractivity contribution in [2.45, 2.75) is 53.4 Å². The SMILES string of the molecule is CCOP(=O)(OCC)C(Oc1ccc(Cn2c(CC)nc3c(C)cc(C)nc32)cc1)c1ccccc1. The number of fused-ring (bicyclic) bond motifs is 1. The molecule has 0 N–H and O–H groups in total. The van der Waals surface area contributed by atoms with Crippen LogP contribution in [0.5, 0.6) is 5.75 Å². The third kappa shape index (κ3) is 5.54. The van der Waals surface area contributed by atoms with E-state index in [-0.39, 0.29) is 13.2 Å². The molecule has 2 heterocycles. The first-order valence-electron chi connectivity index (χ1n) is 12.4. The van der Waals surface area contributed by atoms with E-state index in [0.29, 0.717) is 12.3 Å². The summed E-state index contributed by atoms with van der Waals surface area (Å²) >= 11 is 0. The van der Waals surface area contributed by atoms with Gasteiger partial charge < -0.3 is 18.4 Å². The summed E-state index contributed by atoms with van der Waals surface area (Å²) in [5, 5.41) is 0. The Bertz CT molecular complexity index is 1340. The second-order valence-electron chi connectivity index (χ2n) is 8.62. The Morgan fingerprint density at radius 2 is 1.58 bits per heavy atom. The number of pyridine rings is 1. The molecule has 1 atom stereocenters. The molecule has 7 nitrogen and oxygen atoms in total. The molecule has 2 aromatic carbocycles. The molecule has 0 spiro atoms. The van der Waals surface area contributed by atoms with Crippen LogP contribution in [0.3, 0.4) is 0 Å². The predicted octanol–water partition coefficient (Wildman–Crippen LogP) is 7.00. The Morgan fingerprint density at radius 1 is 0.917 bits per heavy atom. The van der Waals surface area contributed by atoms with Crippen LogP contribution >= 0.6 is 7.60 Å². The Balaban J connectivity index is 1.62. The van der Waals surface area contributed by atoms with Gasteiger partial charge in [-0.15, -0.1) is 0 Å². The molecule has 8 heteroatoms. The number of ether oxygens (including phenoxy) is 1. The lowest BCUT2D eigenvalue weighted by Crippen LogP contribution is -2.13. The van der Waals surface area contributed by atoms with Crippen LogP contribution in [0.25, 0.3) is 11.2 Å². The Kier molecular flexibility index (Phi) is 8.24. The molecule has 36 heavy (non-hydrogen) atoms. The van der Waals surface area contributed by atoms with Gasteiger partial charge in [-0.05, 0) is 57.0 Å². The van der Waals surface area contributed by atoms with Gasteiger partial charge in [-0.2, -0.15) is 0 Å². The molecule has 0 aliphatic rings. The van der Waals surface area contributed by atoms with E-state index in [2.05, 4.69) is 24.5 Å². The molecular formula is C28H34N3O4P. The predicted molar refractivity (Wildman–Crippen MR) is 143 cm³/mol. The summed E-state index contributed by atoms with van der Waals surface area (Å²) in [6, 6.07) is 19.3. The molecule has 0 saturated carbocycles. The van der Waals surface area contributed by atoms with E-state index in [0.717, 1.165) is 45.8 Å². The van der Waals surface area contributed by atoms with Gasteiger partial charge in [-0.25, -0.2) is 9.97 Å². The summed E-state index contributed by atoms with van der Waals surface area (Å²) in [4.78, 5) is 9.61. The van der Waals surface area contributed by atoms with Crippen molar-refractivity contribution in [3.63, 3.8) is 0 Å². The fourth-order valence-electron chi connectivity index (χ4n) is 4.33. The van der Waals surface area contributed by atoms with E-state index in [1.54, 1.807) is 13.8 Å². The highest BCUT2D eigenvalue weighted by Gasteiger charge is 2.39. The molecule has 0 bridgehead atoms. The largest absolute Gasteiger partial charge is 0.473 e. The lowest BCUT2D eigenvalue weighted by Gasteiger charge is -2.27. The zero-order valence-corrected chi connectivity index (χ0v) is 22.5. The third-order valence-corrected chi connectivity index (χ3v) is 8.13. The lowest BCUT2D eigenvalue weighted by molar-refractivity contribution is 0.162. The highest BCUT2D eigenvalue weighted by molar-refractivity contribution is 7.54. The van der Waals surface area contributed by atoms with Crippen LogP contribution in [0.2, 0.25) is 0 Å². The zero-order chi connectivity index (χ0) is 25.7. The number of rotatable bonds is 11. The fraction of sp³-hybridized carbons (Fsp3) is 0.357. The van der Waals surface area contributed by atoms with Crippen LogP contribution in [0.15, 0.2) is 60.7 Å². The Labute approximate surface area is 213 Å². The number of aromatic nitrogens is 3. The quantitative estimate of drug-likeness (QED) is 0.203. The summed E-state index contributed by atoms with van der Waals surface area (Å²) in [7, 11) is -3.57. The van der Waals surface area contributed by atoms with Crippen molar-refractivity contribution in [3.05, 3.63) is 88.9 Å². The highest BCUT2D eigenvalue weighted by atomic mass is 31.2. The molecule has 4 rings (SSSR count). The van der Waals surface area contributed by atoms with Gasteiger partial charge in [0.1, 0.15) is 17.1 Å². The zero-order valence-electron chi connectivity index (χ0n) is 21.6. The van der Waals surface area contributed by atoms with E-state index < -0.39 is 13.4 Å². The smallest absolute Gasteiger partial charge is 0.375 e. The number of aryl methyl sites for hydroxylation is 3. The van der Waals surface area contributed by atoms with E-state index in [4.69, 9.17) is 23.8 Å². The molecule has 190 valence electrons. The van der Waals surface area contributed by atoms with E-state index in [9.17, 15) is 4.57 Å². The summed E-state index contributed by atoms with van der Waals surface area (Å²) in [6.45, 7) is 10.9. The maximum Gasteiger partial charge on any atom is 0.375 e. The van der Waals surface area contributed by atoms with Crippen molar-refractivity contribution in [2.24, 2.45) is 0 Å². The first-order chi connectivity index (χ1) is 17.4. The van der Waals surface area contributed by atoms with E-state index >= 15 is 0 Å². The van der Waals surface area contributed by atoms with Gasteiger partial charge in [0, 0.05) is 17.7 Å². The average molecular weight is 508 g/mol. The van der Waals surface area contributed by atoms with Gasteiger partial charge in [-0.3, -0.25) is 4.57 Å². The number of hydrogen-bond acceptors (Lipinski definition) is 6. The molecular weight excluding hydrogens is 473 g/mol. The Morgan fingerprint density at radius 3 is 2.19 bits per heavy atom. The average Bonchev–Trinajstić information content (AvgIpc) is 3.22. The van der Waals surface area contributed by atoms with Crippen molar-refractivity contribution >= 4 is 18.8 Å². The van der Waals surface area contributed by atoms with Gasteiger partial charge in [0.2, 0.25) is 5.85 Å². The third-order valence-electron chi connectivity index (χ3n) is 5.92. The van der Waals surface area contributed by atoms with Gasteiger partial charge in [-0.1, -0.05) is 49.4 Å². The molecule has 0 aliphatic carbocycles. The minimum atomic E-state index is -3.57. The Hall–Kier alpha value is -2.99. The molecule has 1 unspecified atom stereocenters. The summed E-state index contributed by atoms with van der Waals surface area (Å²) in [5.74, 6) is 0.720. The maximum absolute atomic E-state index is 13.7. The van der Waals surface area contributed by atoms with E-state index in [1.807, 2.05) is 61.5 Å². The van der Waals surface area contributed by atoms with Crippen molar-refractivity contribution < 1.29 is 18.3 Å². The minimum absolute atomic E-state index is 0.258. The first kappa shape index (κ1) is 26.1. The van der Waals surface area contributed by atoms with Crippen molar-refractivity contribution in [2.75, 3.05) is 13.2 Å². The summed E-state index contributed by atoms with van der Waals surface area (Å²) < 4.78 is 33.4. The van der Waals surface area contributed by atoms with Gasteiger partial charge in [0.05, 0.1) is 19.8 Å². The van der Waals surface area contributed by atoms with Crippen LogP contribution in [0.4, 0.5) is 0 Å². The second kappa shape index (κ2) is 11.4. The number of imidazole rings is 1. The maximum atomic E-state index is 13.7. The van der Waals surface area contributed by atoms with Crippen LogP contribution < -0.4 is 4.74 Å². The van der Waals surface area contributed by atoms with Crippen molar-refractivity contribution in [3.8, 4) is 5.75 Å². The number of benzene rings is 2. The van der Waals surface area contributed by atoms with Crippen molar-refractivity contribution in [1.29, 1.82) is 0 Å². The first-order valence-corrected chi connectivity index (χ1v) is 14.0. The van der Waals surface area contributed by atoms with Crippen LogP contribution in [0, 0.1) is 13.8 Å². The van der Waals surface area contributed by atoms with Crippen molar-refractivity contribution in [1.82, 2.24) is 14.5 Å². The number of hydrogen-bond donors (Lipinski definition) is 0. The molecule has 0 amide bonds. The normalized spacial score (nSPS) is 12.7. The number of nitrogens with zero attached hydrogens (tertiary/aromatic N) is 3. The van der Waals surface area contributed by atoms with Gasteiger partial charge in [0.25, 0.3) is 0 Å². The molecule has 4 aromatic rings.